The van der Waals surface area contributed by atoms with Gasteiger partial charge in [-0.05, 0) is 29.3 Å². The number of hydrogen-bond donors (Lipinski definition) is 0. The number of fused-ring (bicyclic) bond motifs is 1. The maximum absolute atomic E-state index is 4.61. The Morgan fingerprint density at radius 1 is 0.917 bits per heavy atom. The van der Waals surface area contributed by atoms with Crippen LogP contribution in [0.4, 0.5) is 5.13 Å². The number of nitrogens with zero attached hydrogens (tertiary/aromatic N) is 2. The first-order chi connectivity index (χ1) is 11.8. The standard InChI is InChI=1S/C21H16N2S/c1-15-6-9-18(10-7-15)20-14-24-21(23-20)22-13-16-8-11-17-4-2-3-5-19(17)12-16/h2-14H,1H3. The number of benzene rings is 3. The molecule has 2 nitrogen and oxygen atoms in total. The second-order valence-electron chi connectivity index (χ2n) is 5.75. The Hall–Kier alpha value is -2.78. The van der Waals surface area contributed by atoms with Crippen molar-refractivity contribution in [3.63, 3.8) is 0 Å². The summed E-state index contributed by atoms with van der Waals surface area (Å²) in [7, 11) is 0. The van der Waals surface area contributed by atoms with Gasteiger partial charge in [0.2, 0.25) is 5.13 Å². The van der Waals surface area contributed by atoms with Crippen LogP contribution >= 0.6 is 11.3 Å². The number of thiazole rings is 1. The van der Waals surface area contributed by atoms with E-state index in [0.29, 0.717) is 0 Å². The highest BCUT2D eigenvalue weighted by molar-refractivity contribution is 7.13. The number of aliphatic imine (C=N–C) groups is 1. The van der Waals surface area contributed by atoms with Gasteiger partial charge in [-0.2, -0.15) is 0 Å². The van der Waals surface area contributed by atoms with Gasteiger partial charge in [-0.3, -0.25) is 0 Å². The fourth-order valence-electron chi connectivity index (χ4n) is 2.60. The number of hydrogen-bond acceptors (Lipinski definition) is 3. The van der Waals surface area contributed by atoms with E-state index in [-0.39, 0.29) is 0 Å². The van der Waals surface area contributed by atoms with E-state index < -0.39 is 0 Å². The molecule has 0 unspecified atom stereocenters. The monoisotopic (exact) mass is 328 g/mol. The molecule has 3 aromatic carbocycles. The number of aryl methyl sites for hydroxylation is 1. The largest absolute Gasteiger partial charge is 0.227 e. The van der Waals surface area contributed by atoms with Crippen molar-refractivity contribution >= 4 is 33.5 Å². The van der Waals surface area contributed by atoms with Crippen molar-refractivity contribution in [3.8, 4) is 11.3 Å². The smallest absolute Gasteiger partial charge is 0.209 e. The molecule has 0 N–H and O–H groups in total. The number of aromatic nitrogens is 1. The molecule has 4 aromatic rings. The van der Waals surface area contributed by atoms with Gasteiger partial charge in [0, 0.05) is 17.2 Å². The average molecular weight is 328 g/mol. The summed E-state index contributed by atoms with van der Waals surface area (Å²) in [6, 6.07) is 23.1. The molecule has 0 aliphatic carbocycles. The van der Waals surface area contributed by atoms with Gasteiger partial charge in [0.25, 0.3) is 0 Å². The van der Waals surface area contributed by atoms with Crippen molar-refractivity contribution in [2.75, 3.05) is 0 Å². The van der Waals surface area contributed by atoms with E-state index in [0.717, 1.165) is 22.0 Å². The zero-order valence-electron chi connectivity index (χ0n) is 13.3. The molecule has 1 heterocycles. The van der Waals surface area contributed by atoms with Gasteiger partial charge in [0.1, 0.15) is 0 Å². The molecule has 0 aliphatic rings. The maximum atomic E-state index is 4.61. The summed E-state index contributed by atoms with van der Waals surface area (Å²) >= 11 is 1.56. The van der Waals surface area contributed by atoms with E-state index in [2.05, 4.69) is 89.0 Å². The summed E-state index contributed by atoms with van der Waals surface area (Å²) in [5.74, 6) is 0. The Balaban J connectivity index is 1.58. The predicted molar refractivity (Wildman–Crippen MR) is 103 cm³/mol. The molecular formula is C21H16N2S. The van der Waals surface area contributed by atoms with Crippen LogP contribution in [-0.2, 0) is 0 Å². The molecule has 0 amide bonds. The molecule has 24 heavy (non-hydrogen) atoms. The molecule has 0 saturated carbocycles. The van der Waals surface area contributed by atoms with Gasteiger partial charge < -0.3 is 0 Å². The summed E-state index contributed by atoms with van der Waals surface area (Å²) < 4.78 is 0. The first kappa shape index (κ1) is 14.8. The lowest BCUT2D eigenvalue weighted by molar-refractivity contribution is 1.35. The van der Waals surface area contributed by atoms with Gasteiger partial charge in [-0.15, -0.1) is 11.3 Å². The van der Waals surface area contributed by atoms with Crippen LogP contribution in [0, 0.1) is 6.92 Å². The third-order valence-electron chi connectivity index (χ3n) is 3.94. The quantitative estimate of drug-likeness (QED) is 0.422. The van der Waals surface area contributed by atoms with E-state index in [1.165, 1.54) is 16.3 Å². The van der Waals surface area contributed by atoms with Gasteiger partial charge in [0.05, 0.1) is 5.69 Å². The maximum Gasteiger partial charge on any atom is 0.209 e. The van der Waals surface area contributed by atoms with Crippen LogP contribution in [0.3, 0.4) is 0 Å². The fourth-order valence-corrected chi connectivity index (χ4v) is 3.27. The van der Waals surface area contributed by atoms with E-state index in [4.69, 9.17) is 0 Å². The van der Waals surface area contributed by atoms with Crippen LogP contribution in [-0.4, -0.2) is 11.2 Å². The molecule has 0 aliphatic heterocycles. The highest BCUT2D eigenvalue weighted by atomic mass is 32.1. The van der Waals surface area contributed by atoms with Crippen LogP contribution in [0.25, 0.3) is 22.0 Å². The molecule has 116 valence electrons. The van der Waals surface area contributed by atoms with E-state index in [1.54, 1.807) is 11.3 Å². The summed E-state index contributed by atoms with van der Waals surface area (Å²) in [5, 5.41) is 5.29. The lowest BCUT2D eigenvalue weighted by Crippen LogP contribution is -1.81. The van der Waals surface area contributed by atoms with E-state index in [9.17, 15) is 0 Å². The predicted octanol–water partition coefficient (Wildman–Crippen LogP) is 6.02. The molecular weight excluding hydrogens is 312 g/mol. The molecule has 0 bridgehead atoms. The molecule has 0 radical (unpaired) electrons. The van der Waals surface area contributed by atoms with Gasteiger partial charge >= 0.3 is 0 Å². The Morgan fingerprint density at radius 2 is 1.71 bits per heavy atom. The first-order valence-electron chi connectivity index (χ1n) is 7.83. The normalized spacial score (nSPS) is 11.4. The second-order valence-corrected chi connectivity index (χ2v) is 6.58. The van der Waals surface area contributed by atoms with Crippen molar-refractivity contribution < 1.29 is 0 Å². The number of rotatable bonds is 3. The zero-order valence-corrected chi connectivity index (χ0v) is 14.1. The van der Waals surface area contributed by atoms with Gasteiger partial charge in [-0.1, -0.05) is 66.2 Å². The fraction of sp³-hybridized carbons (Fsp3) is 0.0476. The van der Waals surface area contributed by atoms with Crippen molar-refractivity contribution in [1.82, 2.24) is 4.98 Å². The first-order valence-corrected chi connectivity index (χ1v) is 8.71. The lowest BCUT2D eigenvalue weighted by atomic mass is 10.1. The SMILES string of the molecule is Cc1ccc(-c2csc(N=Cc3ccc4ccccc4c3)n2)cc1. The third-order valence-corrected chi connectivity index (χ3v) is 4.69. The Labute approximate surface area is 145 Å². The highest BCUT2D eigenvalue weighted by Crippen LogP contribution is 2.27. The van der Waals surface area contributed by atoms with Crippen molar-refractivity contribution in [2.45, 2.75) is 6.92 Å². The van der Waals surface area contributed by atoms with Crippen molar-refractivity contribution in [3.05, 3.63) is 83.2 Å². The average Bonchev–Trinajstić information content (AvgIpc) is 3.09. The Kier molecular flexibility index (Phi) is 3.93. The minimum Gasteiger partial charge on any atom is -0.227 e. The van der Waals surface area contributed by atoms with Crippen LogP contribution in [0.2, 0.25) is 0 Å². The second kappa shape index (κ2) is 6.38. The Bertz CT molecular complexity index is 1010. The van der Waals surface area contributed by atoms with Crippen molar-refractivity contribution in [2.24, 2.45) is 4.99 Å². The highest BCUT2D eigenvalue weighted by Gasteiger charge is 2.03. The van der Waals surface area contributed by atoms with Crippen LogP contribution in [0.15, 0.2) is 77.1 Å². The van der Waals surface area contributed by atoms with Crippen molar-refractivity contribution in [1.29, 1.82) is 0 Å². The zero-order chi connectivity index (χ0) is 16.4. The molecule has 1 aromatic heterocycles. The molecule has 0 spiro atoms. The van der Waals surface area contributed by atoms with Gasteiger partial charge in [-0.25, -0.2) is 9.98 Å². The molecule has 4 rings (SSSR count). The molecule has 0 atom stereocenters. The minimum absolute atomic E-state index is 0.777. The Morgan fingerprint density at radius 3 is 2.54 bits per heavy atom. The lowest BCUT2D eigenvalue weighted by Gasteiger charge is -1.98. The minimum atomic E-state index is 0.777. The topological polar surface area (TPSA) is 25.2 Å². The van der Waals surface area contributed by atoms with E-state index in [1.807, 2.05) is 6.21 Å². The molecule has 3 heteroatoms. The summed E-state index contributed by atoms with van der Waals surface area (Å²) in [4.78, 5) is 9.14. The summed E-state index contributed by atoms with van der Waals surface area (Å²) in [5.41, 5.74) is 4.44. The molecule has 0 saturated heterocycles. The summed E-state index contributed by atoms with van der Waals surface area (Å²) in [6.07, 6.45) is 1.88. The van der Waals surface area contributed by atoms with Crippen LogP contribution in [0.1, 0.15) is 11.1 Å². The van der Waals surface area contributed by atoms with Gasteiger partial charge in [0.15, 0.2) is 0 Å². The summed E-state index contributed by atoms with van der Waals surface area (Å²) in [6.45, 7) is 2.09. The van der Waals surface area contributed by atoms with E-state index >= 15 is 0 Å². The van der Waals surface area contributed by atoms with Crippen LogP contribution in [0.5, 0.6) is 0 Å². The molecule has 0 fully saturated rings. The van der Waals surface area contributed by atoms with Crippen LogP contribution < -0.4 is 0 Å². The third kappa shape index (κ3) is 3.12.